The minimum Gasteiger partial charge on any atom is -0.225 e. The van der Waals surface area contributed by atoms with Crippen LogP contribution < -0.4 is 5.14 Å². The summed E-state index contributed by atoms with van der Waals surface area (Å²) in [7, 11) is -3.65. The Balaban J connectivity index is 2.91. The van der Waals surface area contributed by atoms with Crippen molar-refractivity contribution in [3.05, 3.63) is 42.0 Å². The molecule has 2 rings (SSSR count). The molecule has 0 aliphatic carbocycles. The first-order valence-corrected chi connectivity index (χ1v) is 6.62. The van der Waals surface area contributed by atoms with Gasteiger partial charge in [-0.2, -0.15) is 0 Å². The summed E-state index contributed by atoms with van der Waals surface area (Å²) in [5.41, 5.74) is 1.13. The molecule has 0 fully saturated rings. The van der Waals surface area contributed by atoms with Gasteiger partial charge in [0.05, 0.1) is 4.90 Å². The average molecular weight is 235 g/mol. The smallest absolute Gasteiger partial charge is 0.225 e. The second-order valence-electron chi connectivity index (χ2n) is 3.67. The lowest BCUT2D eigenvalue weighted by Gasteiger charge is -2.08. The third-order valence-corrected chi connectivity index (χ3v) is 3.63. The Morgan fingerprint density at radius 3 is 2.25 bits per heavy atom. The second-order valence-corrected chi connectivity index (χ2v) is 5.20. The summed E-state index contributed by atoms with van der Waals surface area (Å²) in [6.45, 7) is 2.04. The van der Waals surface area contributed by atoms with E-state index in [-0.39, 0.29) is 4.90 Å². The van der Waals surface area contributed by atoms with E-state index >= 15 is 0 Å². The van der Waals surface area contributed by atoms with Gasteiger partial charge in [-0.15, -0.1) is 0 Å². The van der Waals surface area contributed by atoms with E-state index < -0.39 is 10.0 Å². The number of primary sulfonamides is 1. The van der Waals surface area contributed by atoms with Crippen LogP contribution in [-0.2, 0) is 16.4 Å². The molecule has 0 unspecified atom stereocenters. The van der Waals surface area contributed by atoms with Crippen LogP contribution in [0, 0.1) is 0 Å². The molecule has 0 atom stereocenters. The van der Waals surface area contributed by atoms with Gasteiger partial charge in [0, 0.05) is 5.39 Å². The zero-order valence-corrected chi connectivity index (χ0v) is 9.79. The summed E-state index contributed by atoms with van der Waals surface area (Å²) in [6, 6.07) is 10.8. The van der Waals surface area contributed by atoms with Crippen LogP contribution in [0.5, 0.6) is 0 Å². The lowest BCUT2D eigenvalue weighted by atomic mass is 10.0. The summed E-state index contributed by atoms with van der Waals surface area (Å²) in [4.78, 5) is 0.195. The number of hydrogen-bond donors (Lipinski definition) is 1. The molecule has 2 aromatic carbocycles. The molecule has 0 aromatic heterocycles. The quantitative estimate of drug-likeness (QED) is 0.866. The number of hydrogen-bond acceptors (Lipinski definition) is 2. The van der Waals surface area contributed by atoms with Crippen LogP contribution in [0.4, 0.5) is 0 Å². The maximum absolute atomic E-state index is 11.4. The summed E-state index contributed by atoms with van der Waals surface area (Å²) in [5.74, 6) is 0. The predicted octanol–water partition coefficient (Wildman–Crippen LogP) is 2.05. The van der Waals surface area contributed by atoms with Crippen molar-refractivity contribution in [3.8, 4) is 0 Å². The first-order valence-electron chi connectivity index (χ1n) is 5.07. The lowest BCUT2D eigenvalue weighted by molar-refractivity contribution is 0.598. The van der Waals surface area contributed by atoms with Crippen molar-refractivity contribution in [2.75, 3.05) is 0 Å². The Kier molecular flexibility index (Phi) is 2.69. The van der Waals surface area contributed by atoms with Crippen LogP contribution >= 0.6 is 0 Å². The van der Waals surface area contributed by atoms with Crippen LogP contribution in [0.25, 0.3) is 10.8 Å². The minimum atomic E-state index is -3.65. The molecular formula is C12H13NO2S. The highest BCUT2D eigenvalue weighted by Gasteiger charge is 2.13. The monoisotopic (exact) mass is 235 g/mol. The Morgan fingerprint density at radius 1 is 1.06 bits per heavy atom. The molecule has 3 nitrogen and oxygen atoms in total. The van der Waals surface area contributed by atoms with Gasteiger partial charge in [0.25, 0.3) is 0 Å². The van der Waals surface area contributed by atoms with Crippen LogP contribution in [0.2, 0.25) is 0 Å². The molecule has 16 heavy (non-hydrogen) atoms. The molecule has 0 aliphatic heterocycles. The van der Waals surface area contributed by atoms with Crippen molar-refractivity contribution in [3.63, 3.8) is 0 Å². The van der Waals surface area contributed by atoms with E-state index in [9.17, 15) is 8.42 Å². The highest BCUT2D eigenvalue weighted by Crippen LogP contribution is 2.25. The van der Waals surface area contributed by atoms with Gasteiger partial charge in [-0.05, 0) is 23.4 Å². The first kappa shape index (κ1) is 11.1. The molecule has 0 saturated heterocycles. The van der Waals surface area contributed by atoms with Crippen LogP contribution in [0.3, 0.4) is 0 Å². The van der Waals surface area contributed by atoms with Crippen LogP contribution in [0.1, 0.15) is 12.5 Å². The molecular weight excluding hydrogens is 222 g/mol. The third-order valence-electron chi connectivity index (χ3n) is 2.66. The molecule has 84 valence electrons. The Bertz CT molecular complexity index is 633. The maximum Gasteiger partial charge on any atom is 0.238 e. The van der Waals surface area contributed by atoms with Crippen LogP contribution in [0.15, 0.2) is 41.3 Å². The van der Waals surface area contributed by atoms with E-state index in [1.54, 1.807) is 12.1 Å². The Hall–Kier alpha value is -1.39. The van der Waals surface area contributed by atoms with Gasteiger partial charge < -0.3 is 0 Å². The molecule has 2 aromatic rings. The summed E-state index contributed by atoms with van der Waals surface area (Å²) < 4.78 is 22.8. The van der Waals surface area contributed by atoms with E-state index in [1.807, 2.05) is 31.2 Å². The van der Waals surface area contributed by atoms with Crippen molar-refractivity contribution >= 4 is 20.8 Å². The molecule has 0 bridgehead atoms. The largest absolute Gasteiger partial charge is 0.238 e. The zero-order chi connectivity index (χ0) is 11.8. The van der Waals surface area contributed by atoms with E-state index in [1.165, 1.54) is 0 Å². The summed E-state index contributed by atoms with van der Waals surface area (Å²) in [6.07, 6.45) is 0.866. The van der Waals surface area contributed by atoms with Gasteiger partial charge in [-0.1, -0.05) is 37.3 Å². The van der Waals surface area contributed by atoms with Crippen molar-refractivity contribution in [2.24, 2.45) is 5.14 Å². The molecule has 0 saturated carbocycles. The fraction of sp³-hybridized carbons (Fsp3) is 0.167. The molecule has 0 radical (unpaired) electrons. The number of fused-ring (bicyclic) bond motifs is 1. The summed E-state index contributed by atoms with van der Waals surface area (Å²) >= 11 is 0. The average Bonchev–Trinajstić information content (AvgIpc) is 2.26. The fourth-order valence-corrected chi connectivity index (χ4v) is 2.63. The van der Waals surface area contributed by atoms with Crippen LogP contribution in [-0.4, -0.2) is 8.42 Å². The Morgan fingerprint density at radius 2 is 1.69 bits per heavy atom. The second kappa shape index (κ2) is 3.88. The molecule has 0 spiro atoms. The number of rotatable bonds is 2. The van der Waals surface area contributed by atoms with Gasteiger partial charge in [0.15, 0.2) is 0 Å². The number of nitrogens with two attached hydrogens (primary N) is 1. The van der Waals surface area contributed by atoms with Gasteiger partial charge in [-0.3, -0.25) is 0 Å². The molecule has 4 heteroatoms. The lowest BCUT2D eigenvalue weighted by Crippen LogP contribution is -2.12. The van der Waals surface area contributed by atoms with Crippen molar-refractivity contribution in [1.29, 1.82) is 0 Å². The van der Waals surface area contributed by atoms with E-state index in [2.05, 4.69) is 0 Å². The minimum absolute atomic E-state index is 0.195. The van der Waals surface area contributed by atoms with E-state index in [4.69, 9.17) is 5.14 Å². The Labute approximate surface area is 94.9 Å². The highest BCUT2D eigenvalue weighted by atomic mass is 32.2. The van der Waals surface area contributed by atoms with Gasteiger partial charge in [0.1, 0.15) is 0 Å². The van der Waals surface area contributed by atoms with Gasteiger partial charge >= 0.3 is 0 Å². The van der Waals surface area contributed by atoms with Gasteiger partial charge in [0.2, 0.25) is 10.0 Å². The number of aryl methyl sites for hydroxylation is 1. The molecule has 2 N–H and O–H groups in total. The topological polar surface area (TPSA) is 60.2 Å². The van der Waals surface area contributed by atoms with Gasteiger partial charge in [-0.25, -0.2) is 13.6 Å². The fourth-order valence-electron chi connectivity index (χ4n) is 1.89. The maximum atomic E-state index is 11.4. The third kappa shape index (κ3) is 1.81. The molecule has 0 amide bonds. The van der Waals surface area contributed by atoms with Crippen molar-refractivity contribution in [2.45, 2.75) is 18.2 Å². The standard InChI is InChI=1S/C12H13NO2S/c1-2-9-7-8-12(16(13,14)15)11-6-4-3-5-10(9)11/h3-8H,2H2,1H3,(H2,13,14,15). The van der Waals surface area contributed by atoms with Crippen molar-refractivity contribution < 1.29 is 8.42 Å². The molecule has 0 aliphatic rings. The zero-order valence-electron chi connectivity index (χ0n) is 8.97. The number of benzene rings is 2. The van der Waals surface area contributed by atoms with Crippen molar-refractivity contribution in [1.82, 2.24) is 0 Å². The molecule has 0 heterocycles. The first-order chi connectivity index (χ1) is 7.54. The SMILES string of the molecule is CCc1ccc(S(N)(=O)=O)c2ccccc12. The number of sulfonamides is 1. The normalized spacial score (nSPS) is 11.9. The highest BCUT2D eigenvalue weighted by molar-refractivity contribution is 7.89. The predicted molar refractivity (Wildman–Crippen MR) is 64.7 cm³/mol. The van der Waals surface area contributed by atoms with E-state index in [0.29, 0.717) is 5.39 Å². The summed E-state index contributed by atoms with van der Waals surface area (Å²) in [5, 5.41) is 6.84. The van der Waals surface area contributed by atoms with E-state index in [0.717, 1.165) is 17.4 Å².